The minimum absolute atomic E-state index is 0.0777. The van der Waals surface area contributed by atoms with Crippen molar-refractivity contribution in [1.29, 1.82) is 0 Å². The molecule has 0 fully saturated rings. The smallest absolute Gasteiger partial charge is 0.323 e. The lowest BCUT2D eigenvalue weighted by atomic mass is 10.1. The zero-order valence-electron chi connectivity index (χ0n) is 12.3. The molecule has 4 rings (SSSR count). The van der Waals surface area contributed by atoms with Gasteiger partial charge >= 0.3 is 5.97 Å². The number of nitrogens with zero attached hydrogens (tertiary/aromatic N) is 5. The molecule has 3 heterocycles. The summed E-state index contributed by atoms with van der Waals surface area (Å²) in [6.07, 6.45) is 3.09. The van der Waals surface area contributed by atoms with Crippen LogP contribution in [0.3, 0.4) is 0 Å². The first kappa shape index (κ1) is 14.1. The summed E-state index contributed by atoms with van der Waals surface area (Å²) in [5, 5.41) is 21.3. The summed E-state index contributed by atoms with van der Waals surface area (Å²) in [5.41, 5.74) is 2.33. The molecule has 0 saturated heterocycles. The predicted octanol–water partition coefficient (Wildman–Crippen LogP) is 1.19. The first-order valence-corrected chi connectivity index (χ1v) is 7.16. The fourth-order valence-electron chi connectivity index (χ4n) is 2.62. The van der Waals surface area contributed by atoms with Crippen molar-refractivity contribution in [2.24, 2.45) is 0 Å². The van der Waals surface area contributed by atoms with E-state index in [1.54, 1.807) is 12.3 Å². The average molecular weight is 321 g/mol. The highest BCUT2D eigenvalue weighted by molar-refractivity contribution is 5.82. The molecule has 0 bridgehead atoms. The van der Waals surface area contributed by atoms with Gasteiger partial charge in [0, 0.05) is 11.8 Å². The number of pyridine rings is 1. The van der Waals surface area contributed by atoms with Crippen molar-refractivity contribution in [1.82, 2.24) is 24.4 Å². The Morgan fingerprint density at radius 2 is 1.92 bits per heavy atom. The number of carboxylic acids is 1. The van der Waals surface area contributed by atoms with Crippen molar-refractivity contribution in [3.63, 3.8) is 0 Å². The van der Waals surface area contributed by atoms with E-state index in [0.717, 1.165) is 15.7 Å². The third kappa shape index (κ3) is 2.12. The number of hydrogen-bond acceptors (Lipinski definition) is 5. The van der Waals surface area contributed by atoms with Gasteiger partial charge in [-0.25, -0.2) is 4.52 Å². The molecule has 4 aromatic rings. The van der Waals surface area contributed by atoms with Crippen LogP contribution in [-0.2, 0) is 11.3 Å². The number of aromatic nitrogens is 5. The third-order valence-electron chi connectivity index (χ3n) is 3.73. The Kier molecular flexibility index (Phi) is 3.09. The van der Waals surface area contributed by atoms with Crippen LogP contribution in [0.5, 0.6) is 0 Å². The van der Waals surface area contributed by atoms with Crippen molar-refractivity contribution in [3.8, 4) is 11.1 Å². The monoisotopic (exact) mass is 321 g/mol. The summed E-state index contributed by atoms with van der Waals surface area (Å²) >= 11 is 0. The van der Waals surface area contributed by atoms with E-state index in [1.807, 2.05) is 30.3 Å². The highest BCUT2D eigenvalue weighted by Gasteiger charge is 2.14. The Bertz CT molecular complexity index is 1130. The molecular formula is C16H11N5O3. The standard InChI is InChI=1S/C16H11N5O3/c22-13(23)9-20-7-6-12-14(16(20)24)18-19-15-11(8-17-21(12)15)10-4-2-1-3-5-10/h1-8H,9H2,(H,22,23). The number of hydrogen-bond donors (Lipinski definition) is 1. The van der Waals surface area contributed by atoms with E-state index in [-0.39, 0.29) is 5.52 Å². The van der Waals surface area contributed by atoms with Crippen LogP contribution in [0.25, 0.3) is 27.8 Å². The van der Waals surface area contributed by atoms with E-state index in [1.165, 1.54) is 10.7 Å². The fourth-order valence-corrected chi connectivity index (χ4v) is 2.62. The zero-order valence-corrected chi connectivity index (χ0v) is 12.3. The van der Waals surface area contributed by atoms with Crippen molar-refractivity contribution in [2.75, 3.05) is 0 Å². The molecule has 0 aliphatic rings. The van der Waals surface area contributed by atoms with Gasteiger partial charge in [-0.05, 0) is 11.6 Å². The normalized spacial score (nSPS) is 11.2. The van der Waals surface area contributed by atoms with Gasteiger partial charge in [-0.3, -0.25) is 9.59 Å². The lowest BCUT2D eigenvalue weighted by Crippen LogP contribution is -2.25. The van der Waals surface area contributed by atoms with Gasteiger partial charge in [-0.2, -0.15) is 5.10 Å². The van der Waals surface area contributed by atoms with E-state index in [2.05, 4.69) is 15.3 Å². The SMILES string of the molecule is O=C(O)Cn1ccc2c(nnc3c(-c4ccccc4)cnn32)c1=O. The molecule has 0 saturated carbocycles. The minimum atomic E-state index is -1.10. The zero-order chi connectivity index (χ0) is 16.7. The highest BCUT2D eigenvalue weighted by atomic mass is 16.4. The van der Waals surface area contributed by atoms with E-state index < -0.39 is 18.1 Å². The number of carbonyl (C=O) groups is 1. The molecule has 0 unspecified atom stereocenters. The first-order valence-electron chi connectivity index (χ1n) is 7.16. The van der Waals surface area contributed by atoms with E-state index in [9.17, 15) is 9.59 Å². The molecule has 0 spiro atoms. The fraction of sp³-hybridized carbons (Fsp3) is 0.0625. The van der Waals surface area contributed by atoms with Crippen molar-refractivity contribution in [2.45, 2.75) is 6.54 Å². The van der Waals surface area contributed by atoms with Crippen LogP contribution in [0.4, 0.5) is 0 Å². The van der Waals surface area contributed by atoms with E-state index in [4.69, 9.17) is 5.11 Å². The van der Waals surface area contributed by atoms with Crippen LogP contribution < -0.4 is 5.56 Å². The number of aliphatic carboxylic acids is 1. The number of fused-ring (bicyclic) bond motifs is 3. The summed E-state index contributed by atoms with van der Waals surface area (Å²) in [6.45, 7) is -0.428. The predicted molar refractivity (Wildman–Crippen MR) is 85.6 cm³/mol. The maximum absolute atomic E-state index is 12.3. The Morgan fingerprint density at radius 1 is 1.12 bits per heavy atom. The highest BCUT2D eigenvalue weighted by Crippen LogP contribution is 2.23. The summed E-state index contributed by atoms with van der Waals surface area (Å²) in [5.74, 6) is -1.10. The largest absolute Gasteiger partial charge is 0.480 e. The maximum Gasteiger partial charge on any atom is 0.323 e. The minimum Gasteiger partial charge on any atom is -0.480 e. The lowest BCUT2D eigenvalue weighted by Gasteiger charge is -2.05. The molecule has 1 aromatic carbocycles. The maximum atomic E-state index is 12.3. The van der Waals surface area contributed by atoms with Gasteiger partial charge in [0.2, 0.25) is 0 Å². The number of rotatable bonds is 3. The van der Waals surface area contributed by atoms with Crippen LogP contribution in [0.1, 0.15) is 0 Å². The van der Waals surface area contributed by atoms with Gasteiger partial charge in [0.1, 0.15) is 12.1 Å². The van der Waals surface area contributed by atoms with Crippen molar-refractivity contribution < 1.29 is 9.90 Å². The van der Waals surface area contributed by atoms with Crippen molar-refractivity contribution in [3.05, 3.63) is 59.1 Å². The van der Waals surface area contributed by atoms with Gasteiger partial charge in [0.25, 0.3) is 5.56 Å². The average Bonchev–Trinajstić information content (AvgIpc) is 3.02. The molecule has 0 aliphatic carbocycles. The molecule has 8 nitrogen and oxygen atoms in total. The molecule has 1 N–H and O–H groups in total. The molecule has 118 valence electrons. The van der Waals surface area contributed by atoms with Crippen LogP contribution in [0.2, 0.25) is 0 Å². The summed E-state index contributed by atoms with van der Waals surface area (Å²) in [6, 6.07) is 11.2. The van der Waals surface area contributed by atoms with Gasteiger partial charge < -0.3 is 9.67 Å². The molecular weight excluding hydrogens is 310 g/mol. The summed E-state index contributed by atoms with van der Waals surface area (Å²) in [4.78, 5) is 23.2. The second kappa shape index (κ2) is 5.27. The number of benzene rings is 1. The molecule has 0 amide bonds. The van der Waals surface area contributed by atoms with Gasteiger partial charge in [0.05, 0.1) is 6.20 Å². The second-order valence-electron chi connectivity index (χ2n) is 5.24. The molecule has 0 radical (unpaired) electrons. The summed E-state index contributed by atoms with van der Waals surface area (Å²) < 4.78 is 2.62. The summed E-state index contributed by atoms with van der Waals surface area (Å²) in [7, 11) is 0. The quantitative estimate of drug-likeness (QED) is 0.608. The van der Waals surface area contributed by atoms with Crippen molar-refractivity contribution >= 4 is 22.6 Å². The first-order chi connectivity index (χ1) is 11.6. The number of carboxylic acid groups (broad SMARTS) is 1. The Morgan fingerprint density at radius 3 is 2.67 bits per heavy atom. The van der Waals surface area contributed by atoms with Crippen LogP contribution in [0, 0.1) is 0 Å². The van der Waals surface area contributed by atoms with Crippen LogP contribution in [-0.4, -0.2) is 35.5 Å². The topological polar surface area (TPSA) is 102 Å². The Balaban J connectivity index is 1.97. The second-order valence-corrected chi connectivity index (χ2v) is 5.24. The van der Waals surface area contributed by atoms with E-state index in [0.29, 0.717) is 11.2 Å². The molecule has 8 heteroatoms. The Hall–Kier alpha value is -3.55. The molecule has 0 atom stereocenters. The van der Waals surface area contributed by atoms with E-state index >= 15 is 0 Å². The Labute approximate surface area is 134 Å². The molecule has 24 heavy (non-hydrogen) atoms. The van der Waals surface area contributed by atoms with Gasteiger partial charge in [0.15, 0.2) is 11.2 Å². The third-order valence-corrected chi connectivity index (χ3v) is 3.73. The van der Waals surface area contributed by atoms with Gasteiger partial charge in [-0.15, -0.1) is 10.2 Å². The van der Waals surface area contributed by atoms with Crippen LogP contribution >= 0.6 is 0 Å². The van der Waals surface area contributed by atoms with Gasteiger partial charge in [-0.1, -0.05) is 30.3 Å². The van der Waals surface area contributed by atoms with Crippen LogP contribution in [0.15, 0.2) is 53.6 Å². The lowest BCUT2D eigenvalue weighted by molar-refractivity contribution is -0.137. The molecule has 0 aliphatic heterocycles. The molecule has 3 aromatic heterocycles.